The molecular formula is C14H22N6O. The second kappa shape index (κ2) is 6.92. The number of nitrogens with zero attached hydrogens (tertiary/aromatic N) is 4. The van der Waals surface area contributed by atoms with Gasteiger partial charge in [-0.2, -0.15) is 0 Å². The van der Waals surface area contributed by atoms with Gasteiger partial charge in [0, 0.05) is 32.5 Å². The highest BCUT2D eigenvalue weighted by atomic mass is 16.2. The number of nitrogens with one attached hydrogen (secondary N) is 2. The van der Waals surface area contributed by atoms with Crippen molar-refractivity contribution >= 4 is 23.2 Å². The number of hydrogen-bond donors (Lipinski definition) is 2. The first-order chi connectivity index (χ1) is 10.2. The van der Waals surface area contributed by atoms with Gasteiger partial charge in [-0.25, -0.2) is 9.97 Å². The Morgan fingerprint density at radius 3 is 2.95 bits per heavy atom. The van der Waals surface area contributed by atoms with Crippen LogP contribution in [0.25, 0.3) is 5.65 Å². The third kappa shape index (κ3) is 3.62. The van der Waals surface area contributed by atoms with Crippen molar-refractivity contribution in [2.24, 2.45) is 0 Å². The van der Waals surface area contributed by atoms with Crippen LogP contribution >= 0.6 is 0 Å². The number of hydrogen-bond acceptors (Lipinski definition) is 5. The molecule has 2 aromatic heterocycles. The van der Waals surface area contributed by atoms with Crippen LogP contribution in [0.3, 0.4) is 0 Å². The molecule has 0 aliphatic rings. The van der Waals surface area contributed by atoms with Crippen molar-refractivity contribution in [3.05, 3.63) is 18.6 Å². The maximum absolute atomic E-state index is 11.7. The van der Waals surface area contributed by atoms with Crippen molar-refractivity contribution in [3.8, 4) is 0 Å². The molecule has 0 aliphatic heterocycles. The Hall–Kier alpha value is -2.31. The summed E-state index contributed by atoms with van der Waals surface area (Å²) in [5, 5.41) is 6.05. The summed E-state index contributed by atoms with van der Waals surface area (Å²) in [4.78, 5) is 22.4. The summed E-state index contributed by atoms with van der Waals surface area (Å²) in [5.74, 6) is 1.44. The second-order valence-electron chi connectivity index (χ2n) is 4.84. The van der Waals surface area contributed by atoms with E-state index >= 15 is 0 Å². The standard InChI is InChI=1S/C14H22N6O/c1-4-6-16-11-9-20-8-7-17-13(20)14(18-11)19(3)10-12(21)15-5-2/h7-9,16H,4-6,10H2,1-3H3,(H,15,21). The minimum absolute atomic E-state index is 0.0292. The van der Waals surface area contributed by atoms with Gasteiger partial charge >= 0.3 is 0 Å². The number of fused-ring (bicyclic) bond motifs is 1. The molecule has 1 amide bonds. The molecule has 2 N–H and O–H groups in total. The van der Waals surface area contributed by atoms with Gasteiger partial charge in [0.25, 0.3) is 0 Å². The van der Waals surface area contributed by atoms with Gasteiger partial charge in [-0.05, 0) is 13.3 Å². The zero-order valence-corrected chi connectivity index (χ0v) is 12.8. The molecule has 114 valence electrons. The van der Waals surface area contributed by atoms with Crippen LogP contribution in [0.4, 0.5) is 11.6 Å². The first kappa shape index (κ1) is 15.1. The van der Waals surface area contributed by atoms with Crippen molar-refractivity contribution in [1.29, 1.82) is 0 Å². The molecule has 21 heavy (non-hydrogen) atoms. The molecule has 0 aromatic carbocycles. The molecule has 2 aromatic rings. The van der Waals surface area contributed by atoms with Gasteiger partial charge in [0.05, 0.1) is 12.7 Å². The number of carbonyl (C=O) groups excluding carboxylic acids is 1. The van der Waals surface area contributed by atoms with Crippen LogP contribution in [0, 0.1) is 0 Å². The SMILES string of the molecule is CCCNc1cn2ccnc2c(N(C)CC(=O)NCC)n1. The van der Waals surface area contributed by atoms with E-state index in [0.29, 0.717) is 12.4 Å². The molecule has 2 rings (SSSR count). The summed E-state index contributed by atoms with van der Waals surface area (Å²) in [5.41, 5.74) is 0.740. The Balaban J connectivity index is 2.27. The summed E-state index contributed by atoms with van der Waals surface area (Å²) >= 11 is 0. The topological polar surface area (TPSA) is 74.6 Å². The molecular weight excluding hydrogens is 268 g/mol. The Bertz CT molecular complexity index is 609. The fourth-order valence-corrected chi connectivity index (χ4v) is 2.05. The molecule has 0 radical (unpaired) electrons. The third-order valence-corrected chi connectivity index (χ3v) is 3.03. The quantitative estimate of drug-likeness (QED) is 0.799. The van der Waals surface area contributed by atoms with Gasteiger partial charge in [0.2, 0.25) is 5.91 Å². The largest absolute Gasteiger partial charge is 0.369 e. The van der Waals surface area contributed by atoms with Gasteiger partial charge < -0.3 is 19.9 Å². The number of rotatable bonds is 7. The molecule has 0 saturated carbocycles. The van der Waals surface area contributed by atoms with Crippen molar-refractivity contribution in [2.45, 2.75) is 20.3 Å². The normalized spacial score (nSPS) is 10.6. The number of amides is 1. The van der Waals surface area contributed by atoms with E-state index in [1.54, 1.807) is 6.20 Å². The zero-order valence-electron chi connectivity index (χ0n) is 12.8. The first-order valence-electron chi connectivity index (χ1n) is 7.21. The molecule has 0 saturated heterocycles. The molecule has 0 fully saturated rings. The highest BCUT2D eigenvalue weighted by Crippen LogP contribution is 2.19. The number of imidazole rings is 1. The number of likely N-dealkylation sites (N-methyl/N-ethyl adjacent to an activating group) is 2. The van der Waals surface area contributed by atoms with E-state index in [2.05, 4.69) is 27.5 Å². The van der Waals surface area contributed by atoms with Crippen LogP contribution < -0.4 is 15.5 Å². The predicted octanol–water partition coefficient (Wildman–Crippen LogP) is 1.12. The van der Waals surface area contributed by atoms with E-state index in [1.165, 1.54) is 0 Å². The number of carbonyl (C=O) groups is 1. The molecule has 0 atom stereocenters. The third-order valence-electron chi connectivity index (χ3n) is 3.03. The maximum Gasteiger partial charge on any atom is 0.239 e. The molecule has 0 bridgehead atoms. The van der Waals surface area contributed by atoms with Crippen LogP contribution in [-0.4, -0.2) is 47.0 Å². The van der Waals surface area contributed by atoms with Gasteiger partial charge in [0.15, 0.2) is 11.5 Å². The zero-order chi connectivity index (χ0) is 15.2. The maximum atomic E-state index is 11.7. The molecule has 7 heteroatoms. The smallest absolute Gasteiger partial charge is 0.239 e. The van der Waals surface area contributed by atoms with Gasteiger partial charge in [0.1, 0.15) is 5.82 Å². The summed E-state index contributed by atoms with van der Waals surface area (Å²) in [6, 6.07) is 0. The first-order valence-corrected chi connectivity index (χ1v) is 7.21. The molecule has 7 nitrogen and oxygen atoms in total. The summed E-state index contributed by atoms with van der Waals surface area (Å²) < 4.78 is 1.91. The van der Waals surface area contributed by atoms with Crippen molar-refractivity contribution in [3.63, 3.8) is 0 Å². The molecule has 0 unspecified atom stereocenters. The minimum atomic E-state index is -0.0292. The number of aromatic nitrogens is 3. The van der Waals surface area contributed by atoms with E-state index in [-0.39, 0.29) is 12.5 Å². The van der Waals surface area contributed by atoms with E-state index < -0.39 is 0 Å². The van der Waals surface area contributed by atoms with Gasteiger partial charge in [-0.15, -0.1) is 0 Å². The van der Waals surface area contributed by atoms with E-state index in [0.717, 1.165) is 24.4 Å². The highest BCUT2D eigenvalue weighted by molar-refractivity contribution is 5.82. The fourth-order valence-electron chi connectivity index (χ4n) is 2.05. The van der Waals surface area contributed by atoms with E-state index in [4.69, 9.17) is 0 Å². The Morgan fingerprint density at radius 1 is 1.43 bits per heavy atom. The van der Waals surface area contributed by atoms with Crippen LogP contribution in [0.5, 0.6) is 0 Å². The lowest BCUT2D eigenvalue weighted by atomic mass is 10.4. The minimum Gasteiger partial charge on any atom is -0.369 e. The predicted molar refractivity (Wildman–Crippen MR) is 83.7 cm³/mol. The van der Waals surface area contributed by atoms with Crippen molar-refractivity contribution < 1.29 is 4.79 Å². The van der Waals surface area contributed by atoms with Crippen LogP contribution in [0.2, 0.25) is 0 Å². The fraction of sp³-hybridized carbons (Fsp3) is 0.500. The molecule has 0 aliphatic carbocycles. The lowest BCUT2D eigenvalue weighted by molar-refractivity contribution is -0.119. The van der Waals surface area contributed by atoms with E-state index in [9.17, 15) is 4.79 Å². The monoisotopic (exact) mass is 290 g/mol. The highest BCUT2D eigenvalue weighted by Gasteiger charge is 2.14. The molecule has 2 heterocycles. The average molecular weight is 290 g/mol. The Kier molecular flexibility index (Phi) is 4.97. The molecule has 0 spiro atoms. The van der Waals surface area contributed by atoms with Crippen LogP contribution in [0.1, 0.15) is 20.3 Å². The summed E-state index contributed by atoms with van der Waals surface area (Å²) in [6.07, 6.45) is 6.52. The van der Waals surface area contributed by atoms with Crippen molar-refractivity contribution in [2.75, 3.05) is 36.9 Å². The lowest BCUT2D eigenvalue weighted by Gasteiger charge is -2.19. The lowest BCUT2D eigenvalue weighted by Crippen LogP contribution is -2.35. The second-order valence-corrected chi connectivity index (χ2v) is 4.84. The van der Waals surface area contributed by atoms with Crippen LogP contribution in [-0.2, 0) is 4.79 Å². The average Bonchev–Trinajstić information content (AvgIpc) is 2.92. The van der Waals surface area contributed by atoms with E-state index in [1.807, 2.05) is 35.7 Å². The summed E-state index contributed by atoms with van der Waals surface area (Å²) in [6.45, 7) is 5.73. The Labute approximate surface area is 124 Å². The Morgan fingerprint density at radius 2 is 2.24 bits per heavy atom. The van der Waals surface area contributed by atoms with Gasteiger partial charge in [-0.1, -0.05) is 6.92 Å². The summed E-state index contributed by atoms with van der Waals surface area (Å²) in [7, 11) is 1.84. The van der Waals surface area contributed by atoms with Crippen molar-refractivity contribution in [1.82, 2.24) is 19.7 Å². The number of anilines is 2. The van der Waals surface area contributed by atoms with Crippen LogP contribution in [0.15, 0.2) is 18.6 Å². The van der Waals surface area contributed by atoms with Gasteiger partial charge in [-0.3, -0.25) is 4.79 Å².